The molecule has 1 aromatic carbocycles. The Labute approximate surface area is 154 Å². The molecule has 1 fully saturated rings. The highest BCUT2D eigenvalue weighted by Gasteiger charge is 2.22. The van der Waals surface area contributed by atoms with Crippen LogP contribution in [0.25, 0.3) is 0 Å². The van der Waals surface area contributed by atoms with E-state index < -0.39 is 0 Å². The van der Waals surface area contributed by atoms with Gasteiger partial charge in [-0.2, -0.15) is 0 Å². The fraction of sp³-hybridized carbons (Fsp3) is 0.562. The first-order valence-electron chi connectivity index (χ1n) is 7.80. The molecule has 7 heteroatoms. The third-order valence-corrected chi connectivity index (χ3v) is 4.73. The number of benzene rings is 1. The van der Waals surface area contributed by atoms with E-state index in [0.717, 1.165) is 38.9 Å². The molecule has 1 saturated heterocycles. The maximum absolute atomic E-state index is 12.3. The number of carbonyl (C=O) groups is 1. The van der Waals surface area contributed by atoms with Gasteiger partial charge in [0, 0.05) is 6.04 Å². The van der Waals surface area contributed by atoms with Gasteiger partial charge in [0.2, 0.25) is 5.91 Å². The van der Waals surface area contributed by atoms with Gasteiger partial charge < -0.3 is 10.6 Å². The zero-order chi connectivity index (χ0) is 15.9. The van der Waals surface area contributed by atoms with Gasteiger partial charge in [0.15, 0.2) is 0 Å². The lowest BCUT2D eigenvalue weighted by Crippen LogP contribution is -2.46. The number of hydrogen-bond acceptors (Lipinski definition) is 3. The van der Waals surface area contributed by atoms with E-state index in [4.69, 9.17) is 23.2 Å². The summed E-state index contributed by atoms with van der Waals surface area (Å²) in [6, 6.07) is 5.72. The molecule has 130 valence electrons. The van der Waals surface area contributed by atoms with Gasteiger partial charge in [-0.3, -0.25) is 9.69 Å². The molecule has 1 aliphatic heterocycles. The first-order chi connectivity index (χ1) is 10.6. The summed E-state index contributed by atoms with van der Waals surface area (Å²) in [4.78, 5) is 14.6. The summed E-state index contributed by atoms with van der Waals surface area (Å²) in [5.41, 5.74) is 0.570. The maximum atomic E-state index is 12.3. The summed E-state index contributed by atoms with van der Waals surface area (Å²) in [6.07, 6.45) is 3.21. The molecule has 0 aliphatic carbocycles. The van der Waals surface area contributed by atoms with Crippen LogP contribution in [0.2, 0.25) is 10.0 Å². The number of anilines is 1. The van der Waals surface area contributed by atoms with Crippen molar-refractivity contribution in [1.82, 2.24) is 10.2 Å². The van der Waals surface area contributed by atoms with Crippen molar-refractivity contribution in [1.29, 1.82) is 0 Å². The SMILES string of the molecule is CCCN(CC(=O)Nc1cccc(Cl)c1Cl)C1CCNCC1.Cl. The number of rotatable bonds is 6. The molecule has 1 amide bonds. The van der Waals surface area contributed by atoms with Crippen LogP contribution in [0.5, 0.6) is 0 Å². The lowest BCUT2D eigenvalue weighted by atomic mass is 10.0. The summed E-state index contributed by atoms with van der Waals surface area (Å²) >= 11 is 12.1. The van der Waals surface area contributed by atoms with E-state index in [1.807, 2.05) is 0 Å². The molecule has 0 atom stereocenters. The minimum Gasteiger partial charge on any atom is -0.324 e. The number of carbonyl (C=O) groups excluding carboxylic acids is 1. The number of hydrogen-bond donors (Lipinski definition) is 2. The van der Waals surface area contributed by atoms with Crippen molar-refractivity contribution in [2.45, 2.75) is 32.2 Å². The van der Waals surface area contributed by atoms with Gasteiger partial charge >= 0.3 is 0 Å². The number of piperidine rings is 1. The topological polar surface area (TPSA) is 44.4 Å². The zero-order valence-corrected chi connectivity index (χ0v) is 15.6. The summed E-state index contributed by atoms with van der Waals surface area (Å²) in [7, 11) is 0. The third kappa shape index (κ3) is 6.12. The molecule has 0 aromatic heterocycles. The molecule has 0 spiro atoms. The molecule has 1 heterocycles. The minimum absolute atomic E-state index is 0. The largest absolute Gasteiger partial charge is 0.324 e. The van der Waals surface area contributed by atoms with Gasteiger partial charge in [0.25, 0.3) is 0 Å². The Balaban J connectivity index is 0.00000264. The molecule has 23 heavy (non-hydrogen) atoms. The normalized spacial score (nSPS) is 15.3. The Morgan fingerprint density at radius 2 is 2.04 bits per heavy atom. The summed E-state index contributed by atoms with van der Waals surface area (Å²) in [5, 5.41) is 7.06. The predicted octanol–water partition coefficient (Wildman–Crippen LogP) is 3.82. The Morgan fingerprint density at radius 1 is 1.35 bits per heavy atom. The van der Waals surface area contributed by atoms with Crippen molar-refractivity contribution in [3.8, 4) is 0 Å². The lowest BCUT2D eigenvalue weighted by Gasteiger charge is -2.34. The highest BCUT2D eigenvalue weighted by atomic mass is 35.5. The van der Waals surface area contributed by atoms with Gasteiger partial charge in [0.05, 0.1) is 22.3 Å². The van der Waals surface area contributed by atoms with Gasteiger partial charge in [-0.05, 0) is 51.0 Å². The van der Waals surface area contributed by atoms with Gasteiger partial charge in [-0.1, -0.05) is 36.2 Å². The predicted molar refractivity (Wildman–Crippen MR) is 100 cm³/mol. The van der Waals surface area contributed by atoms with Crippen LogP contribution >= 0.6 is 35.6 Å². The van der Waals surface area contributed by atoms with Crippen molar-refractivity contribution < 1.29 is 4.79 Å². The smallest absolute Gasteiger partial charge is 0.238 e. The Hall–Kier alpha value is -0.520. The monoisotopic (exact) mass is 379 g/mol. The molecule has 0 saturated carbocycles. The van der Waals surface area contributed by atoms with E-state index in [-0.39, 0.29) is 18.3 Å². The summed E-state index contributed by atoms with van der Waals surface area (Å²) in [5.74, 6) is -0.0452. The summed E-state index contributed by atoms with van der Waals surface area (Å²) < 4.78 is 0. The molecule has 1 aliphatic rings. The van der Waals surface area contributed by atoms with E-state index in [2.05, 4.69) is 22.5 Å². The highest BCUT2D eigenvalue weighted by molar-refractivity contribution is 6.43. The summed E-state index contributed by atoms with van der Waals surface area (Å²) in [6.45, 7) is 5.50. The van der Waals surface area contributed by atoms with Crippen LogP contribution in [0.4, 0.5) is 5.69 Å². The molecular weight excluding hydrogens is 357 g/mol. The number of nitrogens with one attached hydrogen (secondary N) is 2. The van der Waals surface area contributed by atoms with Crippen molar-refractivity contribution in [2.75, 3.05) is 31.5 Å². The second-order valence-corrected chi connectivity index (χ2v) is 6.39. The zero-order valence-electron chi connectivity index (χ0n) is 13.3. The van der Waals surface area contributed by atoms with Gasteiger partial charge in [0.1, 0.15) is 0 Å². The molecule has 0 radical (unpaired) electrons. The van der Waals surface area contributed by atoms with E-state index in [9.17, 15) is 4.79 Å². The van der Waals surface area contributed by atoms with Crippen molar-refractivity contribution in [3.63, 3.8) is 0 Å². The first kappa shape index (κ1) is 20.5. The Bertz CT molecular complexity index is 507. The standard InChI is InChI=1S/C16H23Cl2N3O.ClH/c1-2-10-21(12-6-8-19-9-7-12)11-15(22)20-14-5-3-4-13(17)16(14)18;/h3-5,12,19H,2,6-11H2,1H3,(H,20,22);1H. The van der Waals surface area contributed by atoms with E-state index in [0.29, 0.717) is 28.3 Å². The number of halogens is 3. The molecule has 2 N–H and O–H groups in total. The van der Waals surface area contributed by atoms with Crippen LogP contribution in [-0.4, -0.2) is 43.0 Å². The lowest BCUT2D eigenvalue weighted by molar-refractivity contribution is -0.118. The van der Waals surface area contributed by atoms with Crippen molar-refractivity contribution in [3.05, 3.63) is 28.2 Å². The molecule has 0 unspecified atom stereocenters. The Morgan fingerprint density at radius 3 is 2.70 bits per heavy atom. The Kier molecular flexibility index (Phi) is 9.25. The average Bonchev–Trinajstić information content (AvgIpc) is 2.52. The molecule has 4 nitrogen and oxygen atoms in total. The quantitative estimate of drug-likeness (QED) is 0.788. The first-order valence-corrected chi connectivity index (χ1v) is 8.56. The van der Waals surface area contributed by atoms with Crippen LogP contribution in [0.1, 0.15) is 26.2 Å². The molecular formula is C16H24Cl3N3O. The minimum atomic E-state index is -0.0452. The van der Waals surface area contributed by atoms with E-state index in [1.54, 1.807) is 18.2 Å². The number of amides is 1. The number of nitrogens with zero attached hydrogens (tertiary/aromatic N) is 1. The van der Waals surface area contributed by atoms with Crippen LogP contribution in [0.3, 0.4) is 0 Å². The van der Waals surface area contributed by atoms with Gasteiger partial charge in [-0.15, -0.1) is 12.4 Å². The molecule has 2 rings (SSSR count). The van der Waals surface area contributed by atoms with E-state index in [1.165, 1.54) is 0 Å². The highest BCUT2D eigenvalue weighted by Crippen LogP contribution is 2.29. The fourth-order valence-corrected chi connectivity index (χ4v) is 3.17. The third-order valence-electron chi connectivity index (χ3n) is 3.91. The van der Waals surface area contributed by atoms with Gasteiger partial charge in [-0.25, -0.2) is 0 Å². The maximum Gasteiger partial charge on any atom is 0.238 e. The fourth-order valence-electron chi connectivity index (χ4n) is 2.82. The van der Waals surface area contributed by atoms with Crippen molar-refractivity contribution in [2.24, 2.45) is 0 Å². The van der Waals surface area contributed by atoms with Crippen LogP contribution in [-0.2, 0) is 4.79 Å². The average molecular weight is 381 g/mol. The molecule has 1 aromatic rings. The van der Waals surface area contributed by atoms with E-state index >= 15 is 0 Å². The molecule has 0 bridgehead atoms. The van der Waals surface area contributed by atoms with Crippen LogP contribution in [0, 0.1) is 0 Å². The second-order valence-electron chi connectivity index (χ2n) is 5.60. The second kappa shape index (κ2) is 10.4. The van der Waals surface area contributed by atoms with Crippen LogP contribution in [0.15, 0.2) is 18.2 Å². The van der Waals surface area contributed by atoms with Crippen LogP contribution < -0.4 is 10.6 Å². The van der Waals surface area contributed by atoms with Crippen molar-refractivity contribution >= 4 is 47.2 Å².